The Morgan fingerprint density at radius 1 is 1.04 bits per heavy atom. The molecule has 0 spiro atoms. The summed E-state index contributed by atoms with van der Waals surface area (Å²) in [5.41, 5.74) is 1.80. The monoisotopic (exact) mass is 314 g/mol. The van der Waals surface area contributed by atoms with Crippen LogP contribution < -0.4 is 0 Å². The normalized spacial score (nSPS) is 10.6. The van der Waals surface area contributed by atoms with Gasteiger partial charge in [0.2, 0.25) is 0 Å². The minimum absolute atomic E-state index is 0.0585. The van der Waals surface area contributed by atoms with E-state index in [0.29, 0.717) is 5.56 Å². The third kappa shape index (κ3) is 6.06. The molecule has 23 heavy (non-hydrogen) atoms. The van der Waals surface area contributed by atoms with Crippen LogP contribution in [0, 0.1) is 0 Å². The van der Waals surface area contributed by atoms with Crippen molar-refractivity contribution in [3.05, 3.63) is 54.1 Å². The van der Waals surface area contributed by atoms with Gasteiger partial charge in [0, 0.05) is 30.9 Å². The number of aryl methyl sites for hydroxylation is 2. The predicted octanol–water partition coefficient (Wildman–Crippen LogP) is 3.34. The van der Waals surface area contributed by atoms with Gasteiger partial charge in [-0.2, -0.15) is 0 Å². The zero-order valence-corrected chi connectivity index (χ0v) is 13.1. The number of Topliss-reactive ketones (excluding diaryl/α,β-unsaturated/α-hetero) is 1. The summed E-state index contributed by atoms with van der Waals surface area (Å²) in [4.78, 5) is 26.3. The lowest BCUT2D eigenvalue weighted by atomic mass is 10.0. The van der Waals surface area contributed by atoms with Crippen LogP contribution >= 0.6 is 0 Å². The standard InChI is InChI=1S/C18H22N2O3/c21-17(9-10-18(22)23)16-7-5-15(6-8-16)4-2-1-3-12-20-13-11-19-14-20/h5-8,11,13-14H,1-4,9-10,12H2,(H,22,23). The summed E-state index contributed by atoms with van der Waals surface area (Å²) in [5.74, 6) is -1.05. The first-order valence-electron chi connectivity index (χ1n) is 7.95. The fourth-order valence-electron chi connectivity index (χ4n) is 2.44. The summed E-state index contributed by atoms with van der Waals surface area (Å²) >= 11 is 0. The highest BCUT2D eigenvalue weighted by Crippen LogP contribution is 2.11. The molecule has 0 aliphatic rings. The lowest BCUT2D eigenvalue weighted by molar-refractivity contribution is -0.136. The van der Waals surface area contributed by atoms with E-state index in [4.69, 9.17) is 5.11 Å². The quantitative estimate of drug-likeness (QED) is 0.539. The van der Waals surface area contributed by atoms with Crippen LogP contribution in [0.3, 0.4) is 0 Å². The third-order valence-electron chi connectivity index (χ3n) is 3.78. The third-order valence-corrected chi connectivity index (χ3v) is 3.78. The number of imidazole rings is 1. The number of carbonyl (C=O) groups is 2. The molecular weight excluding hydrogens is 292 g/mol. The molecule has 0 unspecified atom stereocenters. The Balaban J connectivity index is 1.68. The first-order chi connectivity index (χ1) is 11.1. The van der Waals surface area contributed by atoms with Crippen molar-refractivity contribution in [1.29, 1.82) is 0 Å². The van der Waals surface area contributed by atoms with Gasteiger partial charge < -0.3 is 9.67 Å². The first kappa shape index (κ1) is 16.9. The summed E-state index contributed by atoms with van der Waals surface area (Å²) in [6, 6.07) is 7.52. The number of nitrogens with zero attached hydrogens (tertiary/aromatic N) is 2. The van der Waals surface area contributed by atoms with Crippen LogP contribution in [-0.4, -0.2) is 26.4 Å². The van der Waals surface area contributed by atoms with Crippen LogP contribution in [0.5, 0.6) is 0 Å². The Labute approximate surface area is 136 Å². The second-order valence-electron chi connectivity index (χ2n) is 5.63. The van der Waals surface area contributed by atoms with Crippen molar-refractivity contribution in [1.82, 2.24) is 9.55 Å². The maximum absolute atomic E-state index is 11.8. The van der Waals surface area contributed by atoms with Crippen molar-refractivity contribution < 1.29 is 14.7 Å². The van der Waals surface area contributed by atoms with Crippen molar-refractivity contribution in [2.75, 3.05) is 0 Å². The van der Waals surface area contributed by atoms with E-state index in [9.17, 15) is 9.59 Å². The van der Waals surface area contributed by atoms with Gasteiger partial charge in [-0.25, -0.2) is 4.98 Å². The minimum atomic E-state index is -0.939. The molecule has 0 atom stereocenters. The van der Waals surface area contributed by atoms with Gasteiger partial charge in [0.05, 0.1) is 12.7 Å². The maximum atomic E-state index is 11.8. The van der Waals surface area contributed by atoms with Crippen LogP contribution in [0.1, 0.15) is 48.0 Å². The molecule has 122 valence electrons. The van der Waals surface area contributed by atoms with Gasteiger partial charge in [-0.1, -0.05) is 30.7 Å². The molecule has 1 N–H and O–H groups in total. The Hall–Kier alpha value is -2.43. The summed E-state index contributed by atoms with van der Waals surface area (Å²) in [7, 11) is 0. The van der Waals surface area contributed by atoms with Crippen molar-refractivity contribution in [3.63, 3.8) is 0 Å². The highest BCUT2D eigenvalue weighted by molar-refractivity contribution is 5.97. The molecule has 0 fully saturated rings. The van der Waals surface area contributed by atoms with E-state index in [1.54, 1.807) is 18.3 Å². The molecule has 0 amide bonds. The number of benzene rings is 1. The summed E-state index contributed by atoms with van der Waals surface area (Å²) in [6.45, 7) is 0.997. The Kier molecular flexibility index (Phi) is 6.54. The Morgan fingerprint density at radius 3 is 2.48 bits per heavy atom. The molecule has 0 aliphatic heterocycles. The predicted molar refractivity (Wildman–Crippen MR) is 87.4 cm³/mol. The van der Waals surface area contributed by atoms with E-state index >= 15 is 0 Å². The number of carboxylic acids is 1. The highest BCUT2D eigenvalue weighted by Gasteiger charge is 2.08. The summed E-state index contributed by atoms with van der Waals surface area (Å²) in [5, 5.41) is 8.60. The highest BCUT2D eigenvalue weighted by atomic mass is 16.4. The molecule has 0 saturated heterocycles. The molecule has 2 rings (SSSR count). The molecule has 0 saturated carbocycles. The van der Waals surface area contributed by atoms with Gasteiger partial charge >= 0.3 is 5.97 Å². The van der Waals surface area contributed by atoms with E-state index in [0.717, 1.165) is 32.2 Å². The largest absolute Gasteiger partial charge is 0.481 e. The van der Waals surface area contributed by atoms with E-state index in [1.807, 2.05) is 24.7 Å². The topological polar surface area (TPSA) is 72.2 Å². The second-order valence-corrected chi connectivity index (χ2v) is 5.63. The number of rotatable bonds is 10. The Bertz CT molecular complexity index is 618. The number of ketones is 1. The molecule has 0 radical (unpaired) electrons. The van der Waals surface area contributed by atoms with Crippen LogP contribution in [0.4, 0.5) is 0 Å². The first-order valence-corrected chi connectivity index (χ1v) is 7.95. The van der Waals surface area contributed by atoms with Crippen molar-refractivity contribution in [2.45, 2.75) is 45.1 Å². The van der Waals surface area contributed by atoms with Crippen LogP contribution in [0.15, 0.2) is 43.0 Å². The van der Waals surface area contributed by atoms with Gasteiger partial charge in [-0.3, -0.25) is 9.59 Å². The maximum Gasteiger partial charge on any atom is 0.303 e. The molecule has 0 bridgehead atoms. The van der Waals surface area contributed by atoms with Gasteiger partial charge in [-0.05, 0) is 24.8 Å². The second kappa shape index (κ2) is 8.88. The number of carboxylic acid groups (broad SMARTS) is 1. The van der Waals surface area contributed by atoms with E-state index in [2.05, 4.69) is 9.55 Å². The SMILES string of the molecule is O=C(O)CCC(=O)c1ccc(CCCCCn2ccnc2)cc1. The van der Waals surface area contributed by atoms with Crippen molar-refractivity contribution in [2.24, 2.45) is 0 Å². The van der Waals surface area contributed by atoms with Crippen LogP contribution in [0.2, 0.25) is 0 Å². The number of carbonyl (C=O) groups excluding carboxylic acids is 1. The average molecular weight is 314 g/mol. The Morgan fingerprint density at radius 2 is 1.83 bits per heavy atom. The summed E-state index contributed by atoms with van der Waals surface area (Å²) < 4.78 is 2.08. The molecule has 1 heterocycles. The lowest BCUT2D eigenvalue weighted by Gasteiger charge is -2.05. The number of hydrogen-bond donors (Lipinski definition) is 1. The number of aliphatic carboxylic acids is 1. The van der Waals surface area contributed by atoms with Gasteiger partial charge in [0.15, 0.2) is 5.78 Å². The van der Waals surface area contributed by atoms with Gasteiger partial charge in [0.25, 0.3) is 0 Å². The van der Waals surface area contributed by atoms with E-state index in [1.165, 1.54) is 5.56 Å². The molecular formula is C18H22N2O3. The number of unbranched alkanes of at least 4 members (excludes halogenated alkanes) is 2. The zero-order valence-electron chi connectivity index (χ0n) is 13.1. The molecule has 2 aromatic rings. The smallest absolute Gasteiger partial charge is 0.303 e. The molecule has 5 heteroatoms. The molecule has 1 aromatic heterocycles. The average Bonchev–Trinajstić information content (AvgIpc) is 3.06. The summed E-state index contributed by atoms with van der Waals surface area (Å²) in [6.07, 6.45) is 9.92. The van der Waals surface area contributed by atoms with Crippen molar-refractivity contribution >= 4 is 11.8 Å². The van der Waals surface area contributed by atoms with Crippen LogP contribution in [-0.2, 0) is 17.8 Å². The van der Waals surface area contributed by atoms with E-state index in [-0.39, 0.29) is 18.6 Å². The van der Waals surface area contributed by atoms with E-state index < -0.39 is 5.97 Å². The lowest BCUT2D eigenvalue weighted by Crippen LogP contribution is -2.03. The fraction of sp³-hybridized carbons (Fsp3) is 0.389. The number of aromatic nitrogens is 2. The molecule has 1 aromatic carbocycles. The molecule has 5 nitrogen and oxygen atoms in total. The van der Waals surface area contributed by atoms with Crippen molar-refractivity contribution in [3.8, 4) is 0 Å². The van der Waals surface area contributed by atoms with Gasteiger partial charge in [-0.15, -0.1) is 0 Å². The van der Waals surface area contributed by atoms with Gasteiger partial charge in [0.1, 0.15) is 0 Å². The fourth-order valence-corrected chi connectivity index (χ4v) is 2.44. The molecule has 0 aliphatic carbocycles. The van der Waals surface area contributed by atoms with Crippen LogP contribution in [0.25, 0.3) is 0 Å². The minimum Gasteiger partial charge on any atom is -0.481 e. The zero-order chi connectivity index (χ0) is 16.5. The number of hydrogen-bond acceptors (Lipinski definition) is 3.